The van der Waals surface area contributed by atoms with Gasteiger partial charge in [-0.25, -0.2) is 14.4 Å². The van der Waals surface area contributed by atoms with Crippen LogP contribution in [0.5, 0.6) is 0 Å². The predicted molar refractivity (Wildman–Crippen MR) is 90.1 cm³/mol. The molecule has 3 aromatic rings. The number of aromatic nitrogens is 3. The lowest BCUT2D eigenvalue weighted by Gasteiger charge is -2.28. The number of anilines is 1. The molecule has 1 aliphatic rings. The fourth-order valence-electron chi connectivity index (χ4n) is 3.27. The quantitative estimate of drug-likeness (QED) is 0.776. The summed E-state index contributed by atoms with van der Waals surface area (Å²) in [6, 6.07) is 9.53. The molecule has 1 fully saturated rings. The first-order valence-electron chi connectivity index (χ1n) is 8.10. The average molecular weight is 310 g/mol. The smallest absolute Gasteiger partial charge is 0.175 e. The van der Waals surface area contributed by atoms with E-state index in [2.05, 4.69) is 19.9 Å². The van der Waals surface area contributed by atoms with Crippen molar-refractivity contribution in [2.45, 2.75) is 26.2 Å². The molecule has 0 unspecified atom stereocenters. The maximum absolute atomic E-state index is 14.9. The zero-order chi connectivity index (χ0) is 15.8. The summed E-state index contributed by atoms with van der Waals surface area (Å²) in [6.45, 7) is 3.75. The fraction of sp³-hybridized carbons (Fsp3) is 0.333. The summed E-state index contributed by atoms with van der Waals surface area (Å²) in [6.07, 6.45) is 3.55. The van der Waals surface area contributed by atoms with Crippen LogP contribution in [0.1, 0.15) is 25.1 Å². The first kappa shape index (κ1) is 14.2. The molecule has 0 spiro atoms. The van der Waals surface area contributed by atoms with Crippen LogP contribution in [0.25, 0.3) is 22.3 Å². The van der Waals surface area contributed by atoms with Crippen LogP contribution < -0.4 is 4.90 Å². The van der Waals surface area contributed by atoms with Crippen LogP contribution >= 0.6 is 0 Å². The molecule has 4 rings (SSSR count). The van der Waals surface area contributed by atoms with Crippen molar-refractivity contribution < 1.29 is 4.39 Å². The minimum Gasteiger partial charge on any atom is -0.355 e. The van der Waals surface area contributed by atoms with E-state index in [0.29, 0.717) is 22.6 Å². The summed E-state index contributed by atoms with van der Waals surface area (Å²) in [5, 5.41) is 0. The van der Waals surface area contributed by atoms with Gasteiger partial charge >= 0.3 is 0 Å². The molecule has 1 aliphatic heterocycles. The van der Waals surface area contributed by atoms with Gasteiger partial charge < -0.3 is 9.88 Å². The number of nitrogens with zero attached hydrogens (tertiary/aromatic N) is 3. The van der Waals surface area contributed by atoms with Gasteiger partial charge in [-0.05, 0) is 26.2 Å². The second-order valence-corrected chi connectivity index (χ2v) is 6.05. The Hall–Kier alpha value is -2.43. The Morgan fingerprint density at radius 2 is 1.78 bits per heavy atom. The number of H-pyrrole nitrogens is 1. The summed E-state index contributed by atoms with van der Waals surface area (Å²) in [7, 11) is 0. The number of fused-ring (bicyclic) bond motifs is 1. The average Bonchev–Trinajstić information content (AvgIpc) is 2.93. The first-order chi connectivity index (χ1) is 11.2. The fourth-order valence-corrected chi connectivity index (χ4v) is 3.27. The number of hydrogen-bond donors (Lipinski definition) is 1. The van der Waals surface area contributed by atoms with Crippen LogP contribution in [0, 0.1) is 12.7 Å². The third-order valence-corrected chi connectivity index (χ3v) is 4.40. The van der Waals surface area contributed by atoms with Gasteiger partial charge in [0.1, 0.15) is 16.9 Å². The maximum Gasteiger partial charge on any atom is 0.175 e. The molecule has 1 N–H and O–H groups in total. The second kappa shape index (κ2) is 5.65. The van der Waals surface area contributed by atoms with Crippen LogP contribution in [0.4, 0.5) is 10.2 Å². The molecule has 3 heterocycles. The van der Waals surface area contributed by atoms with E-state index in [1.54, 1.807) is 0 Å². The van der Waals surface area contributed by atoms with Crippen molar-refractivity contribution in [3.63, 3.8) is 0 Å². The molecule has 0 amide bonds. The lowest BCUT2D eigenvalue weighted by molar-refractivity contribution is 0.573. The van der Waals surface area contributed by atoms with Gasteiger partial charge in [0.25, 0.3) is 0 Å². The Morgan fingerprint density at radius 1 is 1.04 bits per heavy atom. The van der Waals surface area contributed by atoms with Gasteiger partial charge in [-0.1, -0.05) is 30.3 Å². The minimum atomic E-state index is -0.296. The molecular formula is C18H19FN4. The normalized spacial score (nSPS) is 15.3. The van der Waals surface area contributed by atoms with Crippen LogP contribution in [0.3, 0.4) is 0 Å². The standard InChI is InChI=1S/C18H19FN4/c1-12-20-16-14(19)15(13-8-4-2-5-9-13)22-17(16)18(21-12)23-10-6-3-7-11-23/h2,4-5,8-9,22H,3,6-7,10-11H2,1H3. The lowest BCUT2D eigenvalue weighted by atomic mass is 10.1. The third-order valence-electron chi connectivity index (χ3n) is 4.40. The van der Waals surface area contributed by atoms with Crippen molar-refractivity contribution >= 4 is 16.9 Å². The summed E-state index contributed by atoms with van der Waals surface area (Å²) >= 11 is 0. The molecule has 0 atom stereocenters. The molecule has 1 saturated heterocycles. The molecular weight excluding hydrogens is 291 g/mol. The Morgan fingerprint density at radius 3 is 2.52 bits per heavy atom. The molecule has 2 aromatic heterocycles. The number of hydrogen-bond acceptors (Lipinski definition) is 3. The van der Waals surface area contributed by atoms with Crippen molar-refractivity contribution in [3.8, 4) is 11.3 Å². The van der Waals surface area contributed by atoms with Crippen LogP contribution in [-0.2, 0) is 0 Å². The number of aryl methyl sites for hydroxylation is 1. The number of halogens is 1. The van der Waals surface area contributed by atoms with Crippen molar-refractivity contribution in [2.24, 2.45) is 0 Å². The predicted octanol–water partition coefficient (Wildman–Crippen LogP) is 4.06. The van der Waals surface area contributed by atoms with Gasteiger partial charge in [-0.3, -0.25) is 0 Å². The van der Waals surface area contributed by atoms with E-state index in [1.165, 1.54) is 6.42 Å². The molecule has 5 heteroatoms. The number of nitrogens with one attached hydrogen (secondary N) is 1. The summed E-state index contributed by atoms with van der Waals surface area (Å²) in [5.74, 6) is 1.14. The van der Waals surface area contributed by atoms with E-state index in [1.807, 2.05) is 37.3 Å². The SMILES string of the molecule is Cc1nc(N2CCCCC2)c2[nH]c(-c3ccccc3)c(F)c2n1. The second-order valence-electron chi connectivity index (χ2n) is 6.05. The number of piperidine rings is 1. The molecule has 0 saturated carbocycles. The summed E-state index contributed by atoms with van der Waals surface area (Å²) in [4.78, 5) is 14.4. The third kappa shape index (κ3) is 2.46. The largest absolute Gasteiger partial charge is 0.355 e. The van der Waals surface area contributed by atoms with Gasteiger partial charge in [0.15, 0.2) is 11.6 Å². The minimum absolute atomic E-state index is 0.296. The zero-order valence-corrected chi connectivity index (χ0v) is 13.1. The Kier molecular flexibility index (Phi) is 3.48. The van der Waals surface area contributed by atoms with Gasteiger partial charge in [0.05, 0.1) is 5.69 Å². The Bertz CT molecular complexity index is 835. The highest BCUT2D eigenvalue weighted by molar-refractivity contribution is 5.91. The number of aromatic amines is 1. The Labute approximate surface area is 134 Å². The van der Waals surface area contributed by atoms with Crippen LogP contribution in [0.2, 0.25) is 0 Å². The topological polar surface area (TPSA) is 44.8 Å². The molecule has 23 heavy (non-hydrogen) atoms. The molecule has 118 valence electrons. The van der Waals surface area contributed by atoms with Crippen molar-refractivity contribution in [1.29, 1.82) is 0 Å². The summed E-state index contributed by atoms with van der Waals surface area (Å²) < 4.78 is 14.9. The van der Waals surface area contributed by atoms with E-state index < -0.39 is 0 Å². The maximum atomic E-state index is 14.9. The lowest BCUT2D eigenvalue weighted by Crippen LogP contribution is -2.30. The highest BCUT2D eigenvalue weighted by Crippen LogP contribution is 2.33. The highest BCUT2D eigenvalue weighted by atomic mass is 19.1. The van der Waals surface area contributed by atoms with Gasteiger partial charge in [0.2, 0.25) is 0 Å². The van der Waals surface area contributed by atoms with E-state index >= 15 is 0 Å². The zero-order valence-electron chi connectivity index (χ0n) is 13.1. The van der Waals surface area contributed by atoms with E-state index in [9.17, 15) is 4.39 Å². The molecule has 0 bridgehead atoms. The van der Waals surface area contributed by atoms with E-state index in [-0.39, 0.29) is 5.82 Å². The number of benzene rings is 1. The Balaban J connectivity index is 1.91. The van der Waals surface area contributed by atoms with Crippen molar-refractivity contribution in [3.05, 3.63) is 42.0 Å². The van der Waals surface area contributed by atoms with Gasteiger partial charge in [-0.2, -0.15) is 0 Å². The van der Waals surface area contributed by atoms with Gasteiger partial charge in [-0.15, -0.1) is 0 Å². The molecule has 4 nitrogen and oxygen atoms in total. The van der Waals surface area contributed by atoms with Crippen LogP contribution in [0.15, 0.2) is 30.3 Å². The first-order valence-corrected chi connectivity index (χ1v) is 8.10. The van der Waals surface area contributed by atoms with Crippen molar-refractivity contribution in [2.75, 3.05) is 18.0 Å². The van der Waals surface area contributed by atoms with Crippen molar-refractivity contribution in [1.82, 2.24) is 15.0 Å². The van der Waals surface area contributed by atoms with E-state index in [0.717, 1.165) is 37.3 Å². The molecule has 0 radical (unpaired) electrons. The molecule has 1 aromatic carbocycles. The van der Waals surface area contributed by atoms with Gasteiger partial charge in [0, 0.05) is 18.7 Å². The molecule has 0 aliphatic carbocycles. The van der Waals surface area contributed by atoms with Crippen LogP contribution in [-0.4, -0.2) is 28.0 Å². The van der Waals surface area contributed by atoms with E-state index in [4.69, 9.17) is 0 Å². The number of rotatable bonds is 2. The monoisotopic (exact) mass is 310 g/mol. The summed E-state index contributed by atoms with van der Waals surface area (Å²) in [5.41, 5.74) is 2.40. The highest BCUT2D eigenvalue weighted by Gasteiger charge is 2.22.